The lowest BCUT2D eigenvalue weighted by Crippen LogP contribution is -2.30. The minimum Gasteiger partial charge on any atom is -0.462 e. The van der Waals surface area contributed by atoms with Crippen molar-refractivity contribution >= 4 is 17.9 Å². The van der Waals surface area contributed by atoms with E-state index in [0.29, 0.717) is 19.3 Å². The van der Waals surface area contributed by atoms with Crippen molar-refractivity contribution in [3.8, 4) is 0 Å². The van der Waals surface area contributed by atoms with Gasteiger partial charge in [-0.05, 0) is 96.3 Å². The lowest BCUT2D eigenvalue weighted by molar-refractivity contribution is -0.167. The molecule has 0 amide bonds. The van der Waals surface area contributed by atoms with Crippen LogP contribution in [-0.2, 0) is 28.6 Å². The number of unbranched alkanes of at least 4 members (excludes halogenated alkanes) is 37. The summed E-state index contributed by atoms with van der Waals surface area (Å²) in [6, 6.07) is 0. The predicted molar refractivity (Wildman–Crippen MR) is 344 cm³/mol. The zero-order valence-corrected chi connectivity index (χ0v) is 52.4. The molecule has 0 bridgehead atoms. The molecule has 0 aliphatic carbocycles. The highest BCUT2D eigenvalue weighted by atomic mass is 16.6. The molecule has 0 spiro atoms. The SMILES string of the molecule is CC/C=C\C/C=C\C/C=C\C/C=C\C/C=C\C/C=C\CCCCCCCCC(=O)OC(COC(=O)CCCCCCC)COC(=O)CCCCCCCCCCCCCCCCCCCCC/C=C\CCCCCCCCCC. The molecule has 0 saturated heterocycles. The van der Waals surface area contributed by atoms with E-state index in [2.05, 4.69) is 106 Å². The summed E-state index contributed by atoms with van der Waals surface area (Å²) >= 11 is 0. The van der Waals surface area contributed by atoms with E-state index in [-0.39, 0.29) is 31.1 Å². The third kappa shape index (κ3) is 65.3. The Morgan fingerprint density at radius 1 is 0.266 bits per heavy atom. The molecule has 79 heavy (non-hydrogen) atoms. The van der Waals surface area contributed by atoms with Gasteiger partial charge in [0.15, 0.2) is 6.10 Å². The lowest BCUT2D eigenvalue weighted by atomic mass is 10.0. The minimum atomic E-state index is -0.781. The van der Waals surface area contributed by atoms with Crippen LogP contribution in [0.5, 0.6) is 0 Å². The van der Waals surface area contributed by atoms with Crippen molar-refractivity contribution in [2.75, 3.05) is 13.2 Å². The molecule has 6 heteroatoms. The highest BCUT2D eigenvalue weighted by Gasteiger charge is 2.19. The number of ether oxygens (including phenoxy) is 3. The van der Waals surface area contributed by atoms with Crippen LogP contribution >= 0.6 is 0 Å². The van der Waals surface area contributed by atoms with Crippen LogP contribution in [0.3, 0.4) is 0 Å². The molecule has 0 radical (unpaired) electrons. The molecule has 0 aliphatic heterocycles. The van der Waals surface area contributed by atoms with Gasteiger partial charge >= 0.3 is 17.9 Å². The van der Waals surface area contributed by atoms with Gasteiger partial charge in [0.1, 0.15) is 13.2 Å². The van der Waals surface area contributed by atoms with Crippen molar-refractivity contribution in [1.29, 1.82) is 0 Å². The fraction of sp³-hybridized carbons (Fsp3) is 0.767. The number of allylic oxidation sites excluding steroid dienone is 14. The molecule has 0 aromatic rings. The standard InChI is InChI=1S/C73H128O6/c1-4-7-10-13-15-17-19-21-23-25-27-29-31-33-34-35-36-37-38-40-41-43-45-47-49-51-53-55-57-60-63-66-72(75)78-69-70(68-77-71(74)65-62-59-12-9-6-3)79-73(76)67-64-61-58-56-54-52-50-48-46-44-42-39-32-30-28-26-24-22-20-18-16-14-11-8-5-2/h8,11,16,18,22,24-25,27-28,30,39,42,46,48,70H,4-7,9-10,12-15,17,19-21,23,26,29,31-38,40-41,43-45,47,49-69H2,1-3H3/b11-8-,18-16-,24-22-,27-25-,30-28-,42-39-,48-46-. The van der Waals surface area contributed by atoms with Crippen molar-refractivity contribution in [3.63, 3.8) is 0 Å². The summed E-state index contributed by atoms with van der Waals surface area (Å²) in [4.78, 5) is 38.0. The topological polar surface area (TPSA) is 78.9 Å². The summed E-state index contributed by atoms with van der Waals surface area (Å²) in [5.41, 5.74) is 0. The van der Waals surface area contributed by atoms with Gasteiger partial charge in [-0.3, -0.25) is 14.4 Å². The molecule has 1 atom stereocenters. The zero-order chi connectivity index (χ0) is 57.1. The highest BCUT2D eigenvalue weighted by molar-refractivity contribution is 5.71. The average Bonchev–Trinajstić information content (AvgIpc) is 3.45. The number of carbonyl (C=O) groups excluding carboxylic acids is 3. The Labute approximate surface area is 490 Å². The smallest absolute Gasteiger partial charge is 0.306 e. The van der Waals surface area contributed by atoms with Crippen LogP contribution in [0, 0.1) is 0 Å². The quantitative estimate of drug-likeness (QED) is 0.0261. The third-order valence-corrected chi connectivity index (χ3v) is 14.9. The van der Waals surface area contributed by atoms with Crippen LogP contribution in [0.25, 0.3) is 0 Å². The Kier molecular flexibility index (Phi) is 64.2. The number of hydrogen-bond donors (Lipinski definition) is 0. The molecule has 0 N–H and O–H groups in total. The fourth-order valence-corrected chi connectivity index (χ4v) is 9.80. The maximum absolute atomic E-state index is 12.8. The molecule has 0 rings (SSSR count). The van der Waals surface area contributed by atoms with Crippen molar-refractivity contribution in [3.05, 3.63) is 85.1 Å². The summed E-state index contributed by atoms with van der Waals surface area (Å²) in [6.07, 6.45) is 89.5. The summed E-state index contributed by atoms with van der Waals surface area (Å²) in [5.74, 6) is -0.897. The first-order chi connectivity index (χ1) is 39.0. The second kappa shape index (κ2) is 67.1. The first kappa shape index (κ1) is 75.6. The van der Waals surface area contributed by atoms with Crippen molar-refractivity contribution < 1.29 is 28.6 Å². The molecule has 0 aromatic heterocycles. The van der Waals surface area contributed by atoms with Crippen LogP contribution in [0.15, 0.2) is 85.1 Å². The molecule has 0 fully saturated rings. The van der Waals surface area contributed by atoms with Crippen LogP contribution in [0.4, 0.5) is 0 Å². The van der Waals surface area contributed by atoms with E-state index >= 15 is 0 Å². The zero-order valence-electron chi connectivity index (χ0n) is 52.4. The largest absolute Gasteiger partial charge is 0.462 e. The normalized spacial score (nSPS) is 12.6. The van der Waals surface area contributed by atoms with E-state index in [1.807, 2.05) is 0 Å². The number of carbonyl (C=O) groups is 3. The predicted octanol–water partition coefficient (Wildman–Crippen LogP) is 23.4. The van der Waals surface area contributed by atoms with Gasteiger partial charge < -0.3 is 14.2 Å². The summed E-state index contributed by atoms with van der Waals surface area (Å²) in [5, 5.41) is 0. The van der Waals surface area contributed by atoms with E-state index in [1.165, 1.54) is 186 Å². The van der Waals surface area contributed by atoms with Gasteiger partial charge in [0.05, 0.1) is 0 Å². The molecule has 1 unspecified atom stereocenters. The van der Waals surface area contributed by atoms with Gasteiger partial charge in [-0.2, -0.15) is 0 Å². The average molecular weight is 1100 g/mol. The second-order valence-corrected chi connectivity index (χ2v) is 22.7. The molecule has 0 saturated carbocycles. The van der Waals surface area contributed by atoms with E-state index in [9.17, 15) is 14.4 Å². The van der Waals surface area contributed by atoms with Crippen molar-refractivity contribution in [1.82, 2.24) is 0 Å². The van der Waals surface area contributed by atoms with Crippen molar-refractivity contribution in [2.45, 2.75) is 348 Å². The van der Waals surface area contributed by atoms with E-state index < -0.39 is 6.10 Å². The molecule has 456 valence electrons. The van der Waals surface area contributed by atoms with Crippen molar-refractivity contribution in [2.24, 2.45) is 0 Å². The number of rotatable bonds is 62. The first-order valence-corrected chi connectivity index (χ1v) is 34.1. The maximum Gasteiger partial charge on any atom is 0.306 e. The fourth-order valence-electron chi connectivity index (χ4n) is 9.80. The maximum atomic E-state index is 12.8. The Hall–Kier alpha value is -3.41. The third-order valence-electron chi connectivity index (χ3n) is 14.9. The van der Waals surface area contributed by atoms with Crippen LogP contribution in [0.2, 0.25) is 0 Å². The Morgan fingerprint density at radius 3 is 0.785 bits per heavy atom. The molecule has 0 heterocycles. The van der Waals surface area contributed by atoms with E-state index in [1.54, 1.807) is 0 Å². The highest BCUT2D eigenvalue weighted by Crippen LogP contribution is 2.17. The second-order valence-electron chi connectivity index (χ2n) is 22.7. The lowest BCUT2D eigenvalue weighted by Gasteiger charge is -2.18. The molecular weight excluding hydrogens is 973 g/mol. The molecule has 6 nitrogen and oxygen atoms in total. The molecular formula is C73H128O6. The van der Waals surface area contributed by atoms with Crippen LogP contribution in [0.1, 0.15) is 342 Å². The van der Waals surface area contributed by atoms with Gasteiger partial charge in [-0.25, -0.2) is 0 Å². The van der Waals surface area contributed by atoms with E-state index in [0.717, 1.165) is 116 Å². The Bertz CT molecular complexity index is 1500. The Balaban J connectivity index is 4.00. The van der Waals surface area contributed by atoms with Crippen LogP contribution < -0.4 is 0 Å². The monoisotopic (exact) mass is 1100 g/mol. The summed E-state index contributed by atoms with van der Waals surface area (Å²) < 4.78 is 16.8. The van der Waals surface area contributed by atoms with Crippen LogP contribution in [-0.4, -0.2) is 37.2 Å². The molecule has 0 aliphatic rings. The van der Waals surface area contributed by atoms with Gasteiger partial charge in [-0.1, -0.05) is 311 Å². The van der Waals surface area contributed by atoms with Gasteiger partial charge in [0.25, 0.3) is 0 Å². The van der Waals surface area contributed by atoms with Gasteiger partial charge in [0, 0.05) is 19.3 Å². The number of hydrogen-bond acceptors (Lipinski definition) is 6. The summed E-state index contributed by atoms with van der Waals surface area (Å²) in [6.45, 7) is 6.46. The Morgan fingerprint density at radius 2 is 0.494 bits per heavy atom. The number of esters is 3. The van der Waals surface area contributed by atoms with E-state index in [4.69, 9.17) is 14.2 Å². The minimum absolute atomic E-state index is 0.0802. The first-order valence-electron chi connectivity index (χ1n) is 34.1. The summed E-state index contributed by atoms with van der Waals surface area (Å²) in [7, 11) is 0. The molecule has 0 aromatic carbocycles. The van der Waals surface area contributed by atoms with Gasteiger partial charge in [0.2, 0.25) is 0 Å². The van der Waals surface area contributed by atoms with Gasteiger partial charge in [-0.15, -0.1) is 0 Å².